The number of nitrogens with two attached hydrogens (primary N) is 2. The van der Waals surface area contributed by atoms with Crippen molar-refractivity contribution in [2.24, 2.45) is 11.5 Å². The lowest BCUT2D eigenvalue weighted by atomic mass is 9.98. The van der Waals surface area contributed by atoms with Crippen LogP contribution in [0.1, 0.15) is 24.4 Å². The molecule has 0 saturated carbocycles. The van der Waals surface area contributed by atoms with Crippen LogP contribution in [-0.4, -0.2) is 110 Å². The van der Waals surface area contributed by atoms with Crippen molar-refractivity contribution in [1.82, 2.24) is 16.0 Å². The van der Waals surface area contributed by atoms with E-state index in [9.17, 15) is 44.4 Å². The van der Waals surface area contributed by atoms with E-state index in [0.717, 1.165) is 0 Å². The van der Waals surface area contributed by atoms with Crippen LogP contribution in [0.15, 0.2) is 30.3 Å². The summed E-state index contributed by atoms with van der Waals surface area (Å²) in [6, 6.07) is 2.63. The van der Waals surface area contributed by atoms with E-state index in [-0.39, 0.29) is 5.75 Å². The third-order valence-electron chi connectivity index (χ3n) is 5.50. The van der Waals surface area contributed by atoms with Gasteiger partial charge < -0.3 is 53.0 Å². The van der Waals surface area contributed by atoms with Gasteiger partial charge in [0.25, 0.3) is 5.91 Å². The number of hydrogen-bond acceptors (Lipinski definition) is 11. The number of carbonyl (C=O) groups is 5. The third kappa shape index (κ3) is 11.2. The fourth-order valence-corrected chi connectivity index (χ4v) is 3.93. The van der Waals surface area contributed by atoms with Gasteiger partial charge in [0.15, 0.2) is 6.10 Å². The fourth-order valence-electron chi connectivity index (χ4n) is 3.42. The zero-order valence-corrected chi connectivity index (χ0v) is 21.9. The highest BCUT2D eigenvalue weighted by atomic mass is 32.2. The maximum Gasteiger partial charge on any atom is 0.305 e. The number of benzene rings is 1. The molecule has 0 heterocycles. The SMILES string of the molecule is CSC[C@H](N)C(=O)N[C@@H](CC(N)=O)C(=O)N[C@@H](CO)[C@@H](O)[C@@H](O)[C@H](O)C(=O)N[C@@H](CC(=O)O)c1ccccc1. The van der Waals surface area contributed by atoms with Crippen LogP contribution in [0.3, 0.4) is 0 Å². The molecule has 4 amide bonds. The molecule has 218 valence electrons. The van der Waals surface area contributed by atoms with Crippen molar-refractivity contribution in [2.45, 2.75) is 55.3 Å². The molecule has 39 heavy (non-hydrogen) atoms. The fraction of sp³-hybridized carbons (Fsp3) is 0.522. The Kier molecular flexibility index (Phi) is 14.4. The van der Waals surface area contributed by atoms with Crippen LogP contribution in [0.2, 0.25) is 0 Å². The molecule has 1 rings (SSSR count). The maximum atomic E-state index is 12.7. The van der Waals surface area contributed by atoms with Gasteiger partial charge in [0, 0.05) is 5.75 Å². The first-order valence-electron chi connectivity index (χ1n) is 11.7. The lowest BCUT2D eigenvalue weighted by Crippen LogP contribution is -2.60. The predicted octanol–water partition coefficient (Wildman–Crippen LogP) is -4.07. The van der Waals surface area contributed by atoms with Crippen LogP contribution in [-0.2, 0) is 24.0 Å². The molecule has 15 nitrogen and oxygen atoms in total. The predicted molar refractivity (Wildman–Crippen MR) is 139 cm³/mol. The van der Waals surface area contributed by atoms with Crippen LogP contribution in [0, 0.1) is 0 Å². The molecular formula is C23H35N5O10S. The molecule has 0 aliphatic rings. The molecule has 0 bridgehead atoms. The topological polar surface area (TPSA) is 275 Å². The van der Waals surface area contributed by atoms with Gasteiger partial charge in [-0.3, -0.25) is 24.0 Å². The number of amides is 4. The molecule has 0 fully saturated rings. The lowest BCUT2D eigenvalue weighted by Gasteiger charge is -2.30. The summed E-state index contributed by atoms with van der Waals surface area (Å²) in [4.78, 5) is 60.1. The molecule has 16 heteroatoms. The number of aliphatic hydroxyl groups is 4. The van der Waals surface area contributed by atoms with Crippen LogP contribution >= 0.6 is 11.8 Å². The van der Waals surface area contributed by atoms with E-state index in [1.165, 1.54) is 23.9 Å². The molecule has 0 aliphatic heterocycles. The second kappa shape index (κ2) is 16.6. The van der Waals surface area contributed by atoms with Crippen LogP contribution < -0.4 is 27.4 Å². The smallest absolute Gasteiger partial charge is 0.305 e. The minimum absolute atomic E-state index is 0.207. The Balaban J connectivity index is 2.94. The number of carboxylic acids is 1. The second-order valence-electron chi connectivity index (χ2n) is 8.59. The Labute approximate surface area is 228 Å². The zero-order chi connectivity index (χ0) is 29.7. The summed E-state index contributed by atoms with van der Waals surface area (Å²) in [5, 5.41) is 56.7. The van der Waals surface area contributed by atoms with Crippen molar-refractivity contribution in [2.75, 3.05) is 18.6 Å². The lowest BCUT2D eigenvalue weighted by molar-refractivity contribution is -0.145. The van der Waals surface area contributed by atoms with E-state index in [2.05, 4.69) is 16.0 Å². The summed E-state index contributed by atoms with van der Waals surface area (Å²) >= 11 is 1.26. The number of rotatable bonds is 17. The molecule has 0 unspecified atom stereocenters. The minimum Gasteiger partial charge on any atom is -0.481 e. The van der Waals surface area contributed by atoms with Gasteiger partial charge in [0.2, 0.25) is 17.7 Å². The van der Waals surface area contributed by atoms with Crippen molar-refractivity contribution in [3.8, 4) is 0 Å². The van der Waals surface area contributed by atoms with Gasteiger partial charge in [-0.05, 0) is 11.8 Å². The van der Waals surface area contributed by atoms with Gasteiger partial charge in [-0.1, -0.05) is 30.3 Å². The van der Waals surface area contributed by atoms with E-state index in [0.29, 0.717) is 5.56 Å². The average molecular weight is 574 g/mol. The number of primary amides is 1. The zero-order valence-electron chi connectivity index (χ0n) is 21.1. The molecule has 0 aliphatic carbocycles. The first kappa shape index (κ1) is 33.7. The number of hydrogen-bond donors (Lipinski definition) is 10. The van der Waals surface area contributed by atoms with Gasteiger partial charge in [-0.15, -0.1) is 0 Å². The average Bonchev–Trinajstić information content (AvgIpc) is 2.89. The van der Waals surface area contributed by atoms with Gasteiger partial charge in [-0.25, -0.2) is 0 Å². The monoisotopic (exact) mass is 573 g/mol. The number of carboxylic acid groups (broad SMARTS) is 1. The normalized spacial score (nSPS) is 16.5. The molecule has 0 saturated heterocycles. The van der Waals surface area contributed by atoms with Crippen molar-refractivity contribution in [3.05, 3.63) is 35.9 Å². The van der Waals surface area contributed by atoms with Gasteiger partial charge in [-0.2, -0.15) is 11.8 Å². The molecule has 0 spiro atoms. The van der Waals surface area contributed by atoms with Gasteiger partial charge in [0.1, 0.15) is 18.2 Å². The van der Waals surface area contributed by atoms with Crippen molar-refractivity contribution in [1.29, 1.82) is 0 Å². The highest BCUT2D eigenvalue weighted by Crippen LogP contribution is 2.17. The van der Waals surface area contributed by atoms with E-state index in [4.69, 9.17) is 16.6 Å². The first-order chi connectivity index (χ1) is 18.3. The number of nitrogens with one attached hydrogen (secondary N) is 3. The molecule has 7 atom stereocenters. The first-order valence-corrected chi connectivity index (χ1v) is 13.1. The van der Waals surface area contributed by atoms with Crippen molar-refractivity contribution >= 4 is 41.4 Å². The number of aliphatic carboxylic acids is 1. The van der Waals surface area contributed by atoms with E-state index in [1.807, 2.05) is 0 Å². The summed E-state index contributed by atoms with van der Waals surface area (Å²) in [5.74, 6) is -5.09. The highest BCUT2D eigenvalue weighted by molar-refractivity contribution is 7.98. The molecule has 0 radical (unpaired) electrons. The van der Waals surface area contributed by atoms with Crippen molar-refractivity contribution < 1.29 is 49.5 Å². The third-order valence-corrected chi connectivity index (χ3v) is 6.19. The second-order valence-corrected chi connectivity index (χ2v) is 9.50. The van der Waals surface area contributed by atoms with Crippen molar-refractivity contribution in [3.63, 3.8) is 0 Å². The van der Waals surface area contributed by atoms with E-state index < -0.39 is 91.5 Å². The molecule has 12 N–H and O–H groups in total. The molecule has 0 aromatic heterocycles. The largest absolute Gasteiger partial charge is 0.481 e. The molecule has 1 aromatic rings. The Morgan fingerprint density at radius 1 is 0.897 bits per heavy atom. The summed E-state index contributed by atoms with van der Waals surface area (Å²) in [6.45, 7) is -0.993. The molecular weight excluding hydrogens is 538 g/mol. The Hall–Kier alpha value is -3.28. The Bertz CT molecular complexity index is 985. The number of thioether (sulfide) groups is 1. The summed E-state index contributed by atoms with van der Waals surface area (Å²) in [5.41, 5.74) is 11.2. The summed E-state index contributed by atoms with van der Waals surface area (Å²) in [7, 11) is 0. The Morgan fingerprint density at radius 3 is 2.03 bits per heavy atom. The summed E-state index contributed by atoms with van der Waals surface area (Å²) in [6.07, 6.45) is -6.21. The number of aliphatic hydroxyl groups excluding tert-OH is 4. The molecule has 1 aromatic carbocycles. The highest BCUT2D eigenvalue weighted by Gasteiger charge is 2.37. The standard InChI is InChI=1S/C23H35N5O10S/c1-39-10-12(24)21(36)27-14(7-16(25)30)22(37)28-15(9-29)18(33)19(34)20(35)23(38)26-13(8-17(31)32)11-5-3-2-4-6-11/h2-6,12-15,18-20,29,33-35H,7-10,24H2,1H3,(H2,25,30)(H,26,38)(H,27,36)(H,28,37)(H,31,32)/t12-,13-,14-,15-,18+,19+,20-/m0/s1. The number of carbonyl (C=O) groups excluding carboxylic acids is 4. The Morgan fingerprint density at radius 2 is 1.51 bits per heavy atom. The minimum atomic E-state index is -2.31. The van der Waals surface area contributed by atoms with Crippen LogP contribution in [0.4, 0.5) is 0 Å². The van der Waals surface area contributed by atoms with E-state index >= 15 is 0 Å². The van der Waals surface area contributed by atoms with Gasteiger partial charge in [0.05, 0.1) is 37.6 Å². The van der Waals surface area contributed by atoms with Crippen LogP contribution in [0.25, 0.3) is 0 Å². The van der Waals surface area contributed by atoms with Crippen LogP contribution in [0.5, 0.6) is 0 Å². The van der Waals surface area contributed by atoms with E-state index in [1.54, 1.807) is 24.5 Å². The summed E-state index contributed by atoms with van der Waals surface area (Å²) < 4.78 is 0. The maximum absolute atomic E-state index is 12.7. The quantitative estimate of drug-likeness (QED) is 0.0852. The van der Waals surface area contributed by atoms with Gasteiger partial charge >= 0.3 is 5.97 Å².